The van der Waals surface area contributed by atoms with Crippen molar-refractivity contribution in [3.63, 3.8) is 0 Å². The van der Waals surface area contributed by atoms with Gasteiger partial charge in [0.1, 0.15) is 0 Å². The lowest BCUT2D eigenvalue weighted by molar-refractivity contribution is 0.827. The third-order valence-electron chi connectivity index (χ3n) is 10.8. The smallest absolute Gasteiger partial charge is 0.0630 e. The van der Waals surface area contributed by atoms with Crippen LogP contribution in [0.25, 0.3) is 77.8 Å². The number of nitrogens with zero attached hydrogens (tertiary/aromatic N) is 3. The molecule has 2 aromatic heterocycles. The molecule has 8 aromatic carbocycles. The minimum atomic E-state index is 0.925. The molecule has 10 aromatic rings. The number of rotatable bonds is 8. The predicted molar refractivity (Wildman–Crippen MR) is 230 cm³/mol. The fourth-order valence-electron chi connectivity index (χ4n) is 8.13. The molecule has 0 saturated carbocycles. The highest BCUT2D eigenvalue weighted by molar-refractivity contribution is 6.26. The van der Waals surface area contributed by atoms with Crippen LogP contribution in [0.1, 0.15) is 18.2 Å². The monoisotopic (exact) mass is 691 g/mol. The Morgan fingerprint density at radius 1 is 0.500 bits per heavy atom. The quantitative estimate of drug-likeness (QED) is 0.148. The summed E-state index contributed by atoms with van der Waals surface area (Å²) in [7, 11) is 0. The van der Waals surface area contributed by atoms with Gasteiger partial charge in [0.25, 0.3) is 0 Å². The molecule has 0 spiro atoms. The van der Waals surface area contributed by atoms with Crippen LogP contribution in [-0.4, -0.2) is 9.55 Å². The second kappa shape index (κ2) is 13.2. The van der Waals surface area contributed by atoms with E-state index in [0.29, 0.717) is 0 Å². The van der Waals surface area contributed by atoms with Crippen LogP contribution < -0.4 is 4.90 Å². The average Bonchev–Trinajstić information content (AvgIpc) is 3.58. The van der Waals surface area contributed by atoms with Gasteiger partial charge in [-0.15, -0.1) is 0 Å². The van der Waals surface area contributed by atoms with Gasteiger partial charge in [0.2, 0.25) is 0 Å². The Morgan fingerprint density at radius 3 is 1.98 bits per heavy atom. The Bertz CT molecular complexity index is 2940. The van der Waals surface area contributed by atoms with Crippen molar-refractivity contribution in [3.05, 3.63) is 193 Å². The third-order valence-corrected chi connectivity index (χ3v) is 10.8. The second-order valence-electron chi connectivity index (χ2n) is 13.9. The van der Waals surface area contributed by atoms with Crippen molar-refractivity contribution in [2.75, 3.05) is 4.90 Å². The maximum atomic E-state index is 4.80. The molecule has 0 bridgehead atoms. The van der Waals surface area contributed by atoms with E-state index in [9.17, 15) is 0 Å². The standard InChI is InChI=1S/C51H37N3/c1-2-53-48-14-8-11-39-24-30-47-46(31-32-49(53)51(47)50(39)48)38-18-15-35(16-19-38)17-25-42-26-20-41(34-52-42)37-21-27-44(28-22-37)54(43-12-4-3-5-13-43)45-29-23-36-9-6-7-10-40(36)33-45/h3-34H,2H2,1H3/b25-17+. The number of pyridine rings is 1. The van der Waals surface area contributed by atoms with Crippen molar-refractivity contribution in [1.82, 2.24) is 9.55 Å². The van der Waals surface area contributed by atoms with E-state index in [4.69, 9.17) is 4.98 Å². The number of anilines is 3. The Labute approximate surface area is 315 Å². The summed E-state index contributed by atoms with van der Waals surface area (Å²) in [6.07, 6.45) is 6.19. The first-order chi connectivity index (χ1) is 26.7. The molecule has 0 atom stereocenters. The van der Waals surface area contributed by atoms with Crippen LogP contribution in [0.2, 0.25) is 0 Å². The molecule has 0 N–H and O–H groups in total. The molecule has 3 nitrogen and oxygen atoms in total. The van der Waals surface area contributed by atoms with Gasteiger partial charge in [-0.1, -0.05) is 127 Å². The molecule has 0 saturated heterocycles. The lowest BCUT2D eigenvalue weighted by Gasteiger charge is -2.26. The minimum Gasteiger partial charge on any atom is -0.341 e. The van der Waals surface area contributed by atoms with Gasteiger partial charge >= 0.3 is 0 Å². The van der Waals surface area contributed by atoms with E-state index < -0.39 is 0 Å². The fraction of sp³-hybridized carbons (Fsp3) is 0.0392. The van der Waals surface area contributed by atoms with Gasteiger partial charge in [0.05, 0.1) is 5.69 Å². The Kier molecular flexibility index (Phi) is 7.77. The lowest BCUT2D eigenvalue weighted by Crippen LogP contribution is -2.09. The first-order valence-corrected chi connectivity index (χ1v) is 18.7. The minimum absolute atomic E-state index is 0.925. The normalized spacial score (nSPS) is 11.8. The Morgan fingerprint density at radius 2 is 1.19 bits per heavy atom. The summed E-state index contributed by atoms with van der Waals surface area (Å²) in [4.78, 5) is 7.11. The largest absolute Gasteiger partial charge is 0.341 e. The highest BCUT2D eigenvalue weighted by Gasteiger charge is 2.17. The van der Waals surface area contributed by atoms with E-state index in [0.717, 1.165) is 46.0 Å². The molecule has 0 radical (unpaired) electrons. The average molecular weight is 692 g/mol. The van der Waals surface area contributed by atoms with E-state index in [-0.39, 0.29) is 0 Å². The number of hydrogen-bond donors (Lipinski definition) is 0. The Balaban J connectivity index is 0.878. The first kappa shape index (κ1) is 31.7. The van der Waals surface area contributed by atoms with E-state index in [1.807, 2.05) is 6.20 Å². The third kappa shape index (κ3) is 5.50. The molecular formula is C51H37N3. The molecule has 2 heterocycles. The first-order valence-electron chi connectivity index (χ1n) is 18.7. The van der Waals surface area contributed by atoms with Gasteiger partial charge in [0, 0.05) is 57.2 Å². The Hall–Kier alpha value is -6.97. The number of benzene rings is 8. The summed E-state index contributed by atoms with van der Waals surface area (Å²) in [5, 5.41) is 7.81. The van der Waals surface area contributed by atoms with Crippen molar-refractivity contribution >= 4 is 72.6 Å². The van der Waals surface area contributed by atoms with Crippen molar-refractivity contribution in [2.45, 2.75) is 13.5 Å². The van der Waals surface area contributed by atoms with Crippen LogP contribution >= 0.6 is 0 Å². The van der Waals surface area contributed by atoms with Gasteiger partial charge in [0.15, 0.2) is 0 Å². The van der Waals surface area contributed by atoms with Gasteiger partial charge in [-0.2, -0.15) is 0 Å². The molecule has 3 heteroatoms. The summed E-state index contributed by atoms with van der Waals surface area (Å²) < 4.78 is 2.44. The summed E-state index contributed by atoms with van der Waals surface area (Å²) in [5.74, 6) is 0. The van der Waals surface area contributed by atoms with Gasteiger partial charge in [-0.3, -0.25) is 4.98 Å². The summed E-state index contributed by atoms with van der Waals surface area (Å²) in [6.45, 7) is 3.18. The van der Waals surface area contributed by atoms with Crippen molar-refractivity contribution < 1.29 is 0 Å². The van der Waals surface area contributed by atoms with Crippen molar-refractivity contribution in [2.24, 2.45) is 0 Å². The van der Waals surface area contributed by atoms with E-state index in [1.165, 1.54) is 54.5 Å². The predicted octanol–water partition coefficient (Wildman–Crippen LogP) is 13.9. The fourth-order valence-corrected chi connectivity index (χ4v) is 8.13. The number of fused-ring (bicyclic) bond motifs is 1. The van der Waals surface area contributed by atoms with Crippen LogP contribution in [0, 0.1) is 0 Å². The zero-order valence-electron chi connectivity index (χ0n) is 30.0. The molecule has 0 aliphatic heterocycles. The number of hydrogen-bond acceptors (Lipinski definition) is 2. The van der Waals surface area contributed by atoms with Gasteiger partial charge in [-0.05, 0) is 111 Å². The number of aryl methyl sites for hydroxylation is 1. The summed E-state index contributed by atoms with van der Waals surface area (Å²) >= 11 is 0. The SMILES string of the molecule is CCn1c2cccc3ccc4c(-c5ccc(/C=C/c6ccc(-c7ccc(N(c8ccccc8)c8ccc9ccccc9c8)cc7)cn6)cc5)ccc1c4c32. The van der Waals surface area contributed by atoms with Crippen LogP contribution in [0.4, 0.5) is 17.1 Å². The van der Waals surface area contributed by atoms with Crippen LogP contribution in [-0.2, 0) is 6.54 Å². The molecule has 0 aliphatic rings. The zero-order chi connectivity index (χ0) is 36.0. The van der Waals surface area contributed by atoms with Gasteiger partial charge < -0.3 is 9.47 Å². The van der Waals surface area contributed by atoms with E-state index in [2.05, 4.69) is 204 Å². The molecule has 0 aliphatic carbocycles. The van der Waals surface area contributed by atoms with Gasteiger partial charge in [-0.25, -0.2) is 0 Å². The highest BCUT2D eigenvalue weighted by Crippen LogP contribution is 2.41. The molecule has 10 rings (SSSR count). The molecule has 54 heavy (non-hydrogen) atoms. The van der Waals surface area contributed by atoms with Crippen molar-refractivity contribution in [3.8, 4) is 22.3 Å². The lowest BCUT2D eigenvalue weighted by atomic mass is 9.94. The summed E-state index contributed by atoms with van der Waals surface area (Å²) in [5.41, 5.74) is 12.8. The molecule has 0 unspecified atom stereocenters. The van der Waals surface area contributed by atoms with E-state index >= 15 is 0 Å². The number of para-hydroxylation sites is 1. The molecule has 0 amide bonds. The van der Waals surface area contributed by atoms with Crippen LogP contribution in [0.5, 0.6) is 0 Å². The summed E-state index contributed by atoms with van der Waals surface area (Å²) in [6, 6.07) is 63.3. The maximum absolute atomic E-state index is 4.80. The topological polar surface area (TPSA) is 21.1 Å². The second-order valence-corrected chi connectivity index (χ2v) is 13.9. The zero-order valence-corrected chi connectivity index (χ0v) is 30.0. The highest BCUT2D eigenvalue weighted by atomic mass is 15.1. The van der Waals surface area contributed by atoms with Crippen LogP contribution in [0.3, 0.4) is 0 Å². The molecule has 256 valence electrons. The van der Waals surface area contributed by atoms with E-state index in [1.54, 1.807) is 0 Å². The molecular weight excluding hydrogens is 655 g/mol. The molecule has 0 fully saturated rings. The number of aromatic nitrogens is 2. The maximum Gasteiger partial charge on any atom is 0.0630 e. The van der Waals surface area contributed by atoms with Crippen LogP contribution in [0.15, 0.2) is 182 Å². The van der Waals surface area contributed by atoms with Crippen molar-refractivity contribution in [1.29, 1.82) is 0 Å².